The van der Waals surface area contributed by atoms with Crippen LogP contribution in [0, 0.1) is 19.3 Å². The molecule has 0 radical (unpaired) electrons. The van der Waals surface area contributed by atoms with Crippen LogP contribution in [0.5, 0.6) is 0 Å². The Hall–Kier alpha value is -0.790. The molecule has 1 aliphatic heterocycles. The second-order valence-corrected chi connectivity index (χ2v) is 7.47. The van der Waals surface area contributed by atoms with Crippen molar-refractivity contribution < 1.29 is 0 Å². The van der Waals surface area contributed by atoms with Gasteiger partial charge in [-0.1, -0.05) is 13.8 Å². The van der Waals surface area contributed by atoms with Crippen molar-refractivity contribution in [1.29, 1.82) is 0 Å². The van der Waals surface area contributed by atoms with Crippen LogP contribution in [0.1, 0.15) is 51.6 Å². The van der Waals surface area contributed by atoms with Crippen molar-refractivity contribution in [1.82, 2.24) is 20.0 Å². The Morgan fingerprint density at radius 2 is 1.87 bits per heavy atom. The van der Waals surface area contributed by atoms with Gasteiger partial charge in [0.25, 0.3) is 0 Å². The Morgan fingerprint density at radius 3 is 2.26 bits per heavy atom. The molecule has 0 amide bonds. The summed E-state index contributed by atoms with van der Waals surface area (Å²) >= 11 is 0. The second-order valence-electron chi connectivity index (χ2n) is 7.47. The number of likely N-dealkylation sites (tertiary alicyclic amines) is 1. The summed E-state index contributed by atoms with van der Waals surface area (Å²) in [4.78, 5) is 7.27. The smallest absolute Gasteiger partial charge is 0.194 e. The van der Waals surface area contributed by atoms with Gasteiger partial charge in [0.1, 0.15) is 0 Å². The predicted molar refractivity (Wildman–Crippen MR) is 107 cm³/mol. The van der Waals surface area contributed by atoms with Crippen LogP contribution in [0.3, 0.4) is 0 Å². The molecule has 6 heteroatoms. The number of nitrogens with zero attached hydrogens (tertiary/aromatic N) is 4. The molecule has 0 unspecified atom stereocenters. The van der Waals surface area contributed by atoms with E-state index in [1.54, 1.807) is 0 Å². The third kappa shape index (κ3) is 3.51. The fraction of sp³-hybridized carbons (Fsp3) is 0.765. The summed E-state index contributed by atoms with van der Waals surface area (Å²) in [5, 5.41) is 7.92. The van der Waals surface area contributed by atoms with E-state index >= 15 is 0 Å². The minimum Gasteiger partial charge on any atom is -0.356 e. The normalized spacial score (nSPS) is 19.1. The maximum Gasteiger partial charge on any atom is 0.194 e. The number of aromatic nitrogens is 2. The number of rotatable bonds is 3. The Balaban J connectivity index is 0.00000264. The van der Waals surface area contributed by atoms with Crippen LogP contribution in [0.4, 0.5) is 0 Å². The highest BCUT2D eigenvalue weighted by Gasteiger charge is 2.53. The lowest BCUT2D eigenvalue weighted by molar-refractivity contribution is -0.0667. The third-order valence-electron chi connectivity index (χ3n) is 5.52. The topological polar surface area (TPSA) is 45.5 Å². The van der Waals surface area contributed by atoms with Crippen molar-refractivity contribution in [3.05, 3.63) is 17.0 Å². The maximum atomic E-state index is 4.88. The van der Waals surface area contributed by atoms with E-state index in [2.05, 4.69) is 63.8 Å². The zero-order chi connectivity index (χ0) is 16.7. The average molecular weight is 433 g/mol. The number of halogens is 1. The first-order valence-electron chi connectivity index (χ1n) is 8.17. The number of nitrogens with one attached hydrogen (secondary N) is 1. The van der Waals surface area contributed by atoms with E-state index in [0.717, 1.165) is 24.7 Å². The number of guanidine groups is 1. The number of hydrogen-bond donors (Lipinski definition) is 1. The van der Waals surface area contributed by atoms with E-state index < -0.39 is 0 Å². The van der Waals surface area contributed by atoms with Crippen LogP contribution < -0.4 is 5.32 Å². The zero-order valence-corrected chi connectivity index (χ0v) is 18.1. The van der Waals surface area contributed by atoms with Crippen LogP contribution in [0.2, 0.25) is 0 Å². The highest BCUT2D eigenvalue weighted by Crippen LogP contribution is 2.46. The van der Waals surface area contributed by atoms with Crippen molar-refractivity contribution >= 4 is 29.9 Å². The van der Waals surface area contributed by atoms with Gasteiger partial charge in [-0.15, -0.1) is 24.0 Å². The van der Waals surface area contributed by atoms with Gasteiger partial charge in [-0.2, -0.15) is 5.10 Å². The molecule has 0 aromatic carbocycles. The van der Waals surface area contributed by atoms with E-state index in [9.17, 15) is 0 Å². The Bertz CT molecular complexity index is 586. The van der Waals surface area contributed by atoms with E-state index in [4.69, 9.17) is 4.99 Å². The summed E-state index contributed by atoms with van der Waals surface area (Å²) in [7, 11) is 1.99. The summed E-state index contributed by atoms with van der Waals surface area (Å²) in [5.74, 6) is 1.01. The van der Waals surface area contributed by atoms with Crippen molar-refractivity contribution in [2.24, 2.45) is 17.5 Å². The summed E-state index contributed by atoms with van der Waals surface area (Å²) in [6.45, 7) is 18.1. The first-order chi connectivity index (χ1) is 10.1. The van der Waals surface area contributed by atoms with Gasteiger partial charge in [0, 0.05) is 42.3 Å². The summed E-state index contributed by atoms with van der Waals surface area (Å²) in [6.07, 6.45) is 0. The predicted octanol–water partition coefficient (Wildman–Crippen LogP) is 3.24. The highest BCUT2D eigenvalue weighted by atomic mass is 127. The van der Waals surface area contributed by atoms with Gasteiger partial charge in [0.2, 0.25) is 0 Å². The van der Waals surface area contributed by atoms with Gasteiger partial charge >= 0.3 is 0 Å². The van der Waals surface area contributed by atoms with Crippen LogP contribution in [-0.4, -0.2) is 39.3 Å². The molecule has 1 fully saturated rings. The molecule has 1 saturated heterocycles. The van der Waals surface area contributed by atoms with Crippen LogP contribution in [0.15, 0.2) is 4.99 Å². The Morgan fingerprint density at radius 1 is 1.26 bits per heavy atom. The Labute approximate surface area is 157 Å². The number of aryl methyl sites for hydroxylation is 2. The molecule has 2 rings (SSSR count). The molecule has 0 saturated carbocycles. The van der Waals surface area contributed by atoms with Gasteiger partial charge in [-0.05, 0) is 34.6 Å². The molecule has 1 N–H and O–H groups in total. The maximum absolute atomic E-state index is 4.88. The van der Waals surface area contributed by atoms with Crippen molar-refractivity contribution in [2.75, 3.05) is 13.1 Å². The molecule has 0 aliphatic carbocycles. The highest BCUT2D eigenvalue weighted by molar-refractivity contribution is 14.0. The fourth-order valence-electron chi connectivity index (χ4n) is 3.00. The second kappa shape index (κ2) is 6.99. The number of hydrogen-bond acceptors (Lipinski definition) is 2. The van der Waals surface area contributed by atoms with E-state index in [-0.39, 0.29) is 29.5 Å². The van der Waals surface area contributed by atoms with Gasteiger partial charge in [-0.25, -0.2) is 4.99 Å². The molecule has 1 aliphatic rings. The molecular formula is C17H32IN5. The molecule has 0 spiro atoms. The summed E-state index contributed by atoms with van der Waals surface area (Å²) < 4.78 is 1.93. The molecule has 0 bridgehead atoms. The first-order valence-corrected chi connectivity index (χ1v) is 8.17. The minimum absolute atomic E-state index is 0. The average Bonchev–Trinajstić information content (AvgIpc) is 2.66. The molecule has 5 nitrogen and oxygen atoms in total. The molecule has 1 aromatic heterocycles. The molecule has 23 heavy (non-hydrogen) atoms. The monoisotopic (exact) mass is 433 g/mol. The van der Waals surface area contributed by atoms with Gasteiger partial charge in [0.05, 0.1) is 12.2 Å². The molecule has 1 aromatic rings. The Kier molecular flexibility index (Phi) is 6.15. The number of aliphatic imine (C=N–C) groups is 1. The van der Waals surface area contributed by atoms with Crippen molar-refractivity contribution in [3.63, 3.8) is 0 Å². The molecule has 0 atom stereocenters. The van der Waals surface area contributed by atoms with Crippen LogP contribution in [-0.2, 0) is 13.6 Å². The molecule has 2 heterocycles. The lowest BCUT2D eigenvalue weighted by atomic mass is 9.65. The fourth-order valence-corrected chi connectivity index (χ4v) is 3.00. The van der Waals surface area contributed by atoms with E-state index in [0.29, 0.717) is 12.0 Å². The minimum atomic E-state index is 0. The summed E-state index contributed by atoms with van der Waals surface area (Å²) in [5.41, 5.74) is 3.93. The molecular weight excluding hydrogens is 401 g/mol. The van der Waals surface area contributed by atoms with Crippen LogP contribution >= 0.6 is 24.0 Å². The quantitative estimate of drug-likeness (QED) is 0.452. The van der Waals surface area contributed by atoms with Crippen LogP contribution in [0.25, 0.3) is 0 Å². The van der Waals surface area contributed by atoms with Crippen molar-refractivity contribution in [2.45, 2.75) is 60.5 Å². The first kappa shape index (κ1) is 20.3. The lowest BCUT2D eigenvalue weighted by Gasteiger charge is -2.62. The lowest BCUT2D eigenvalue weighted by Crippen LogP contribution is -2.72. The van der Waals surface area contributed by atoms with Gasteiger partial charge in [-0.3, -0.25) is 4.68 Å². The largest absolute Gasteiger partial charge is 0.356 e. The van der Waals surface area contributed by atoms with Gasteiger partial charge in [0.15, 0.2) is 5.96 Å². The van der Waals surface area contributed by atoms with E-state index in [1.165, 1.54) is 11.3 Å². The SMILES string of the molecule is CCNC(=NCc1c(C)nn(C)c1C)N1CC(C)(C)C1(C)C.I. The molecule has 132 valence electrons. The standard InChI is InChI=1S/C17H31N5.HI/c1-9-18-15(22-11-16(4,5)17(22,6)7)19-10-14-12(2)20-21(8)13(14)3;/h9-11H2,1-8H3,(H,18,19);1H. The zero-order valence-electron chi connectivity index (χ0n) is 15.8. The van der Waals surface area contributed by atoms with Crippen molar-refractivity contribution in [3.8, 4) is 0 Å². The van der Waals surface area contributed by atoms with E-state index in [1.807, 2.05) is 11.7 Å². The summed E-state index contributed by atoms with van der Waals surface area (Å²) in [6, 6.07) is 0. The third-order valence-corrected chi connectivity index (χ3v) is 5.52. The van der Waals surface area contributed by atoms with Gasteiger partial charge < -0.3 is 10.2 Å².